The van der Waals surface area contributed by atoms with Gasteiger partial charge in [0.15, 0.2) is 5.65 Å². The van der Waals surface area contributed by atoms with Gasteiger partial charge >= 0.3 is 0 Å². The molecule has 3 rings (SSSR count). The minimum Gasteiger partial charge on any atom is -0.507 e. The lowest BCUT2D eigenvalue weighted by Gasteiger charge is -2.01. The molecule has 0 atom stereocenters. The Morgan fingerprint density at radius 1 is 1.15 bits per heavy atom. The lowest BCUT2D eigenvalue weighted by Crippen LogP contribution is -2.12. The Bertz CT molecular complexity index is 838. The van der Waals surface area contributed by atoms with Gasteiger partial charge in [0.05, 0.1) is 0 Å². The molecule has 0 aliphatic heterocycles. The van der Waals surface area contributed by atoms with Crippen LogP contribution in [0.2, 0.25) is 0 Å². The number of aliphatic hydroxyl groups excluding tert-OH is 1. The van der Waals surface area contributed by atoms with E-state index in [1.54, 1.807) is 42.6 Å². The molecule has 0 amide bonds. The highest BCUT2D eigenvalue weighted by molar-refractivity contribution is 5.77. The molecule has 2 aromatic heterocycles. The lowest BCUT2D eigenvalue weighted by molar-refractivity contribution is 0.515. The smallest absolute Gasteiger partial charge is 0.275 e. The second kappa shape index (κ2) is 4.97. The maximum Gasteiger partial charge on any atom is 0.275 e. The molecule has 0 aliphatic rings. The Balaban J connectivity index is 2.11. The van der Waals surface area contributed by atoms with Crippen molar-refractivity contribution in [2.24, 2.45) is 0 Å². The van der Waals surface area contributed by atoms with Gasteiger partial charge in [0.2, 0.25) is 0 Å². The SMILES string of the molecule is O=c1[nH]c2ncccc2nc1C=C(O)c1ccccc1. The number of fused-ring (bicyclic) bond motifs is 1. The van der Waals surface area contributed by atoms with E-state index in [2.05, 4.69) is 15.0 Å². The van der Waals surface area contributed by atoms with Crippen molar-refractivity contribution in [3.63, 3.8) is 0 Å². The monoisotopic (exact) mass is 265 g/mol. The van der Waals surface area contributed by atoms with Gasteiger partial charge in [-0.2, -0.15) is 0 Å². The summed E-state index contributed by atoms with van der Waals surface area (Å²) >= 11 is 0. The number of aromatic nitrogens is 3. The second-order valence-electron chi connectivity index (χ2n) is 4.22. The van der Waals surface area contributed by atoms with Gasteiger partial charge < -0.3 is 10.1 Å². The van der Waals surface area contributed by atoms with Gasteiger partial charge in [-0.1, -0.05) is 30.3 Å². The van der Waals surface area contributed by atoms with E-state index in [1.165, 1.54) is 6.08 Å². The molecule has 20 heavy (non-hydrogen) atoms. The number of nitrogens with one attached hydrogen (secondary N) is 1. The van der Waals surface area contributed by atoms with E-state index in [4.69, 9.17) is 0 Å². The summed E-state index contributed by atoms with van der Waals surface area (Å²) < 4.78 is 0. The third kappa shape index (κ3) is 2.29. The Morgan fingerprint density at radius 3 is 2.75 bits per heavy atom. The zero-order valence-corrected chi connectivity index (χ0v) is 10.4. The number of aliphatic hydroxyl groups is 1. The van der Waals surface area contributed by atoms with Crippen molar-refractivity contribution >= 4 is 23.0 Å². The van der Waals surface area contributed by atoms with Crippen LogP contribution in [0.25, 0.3) is 23.0 Å². The quantitative estimate of drug-likeness (QED) is 0.697. The summed E-state index contributed by atoms with van der Waals surface area (Å²) in [6, 6.07) is 12.4. The normalized spacial score (nSPS) is 11.7. The van der Waals surface area contributed by atoms with Crippen molar-refractivity contribution in [3.05, 3.63) is 70.3 Å². The van der Waals surface area contributed by atoms with Gasteiger partial charge in [0.25, 0.3) is 5.56 Å². The minimum absolute atomic E-state index is 0.00756. The van der Waals surface area contributed by atoms with Gasteiger partial charge in [-0.3, -0.25) is 4.79 Å². The molecular weight excluding hydrogens is 254 g/mol. The third-order valence-corrected chi connectivity index (χ3v) is 2.83. The van der Waals surface area contributed by atoms with Crippen LogP contribution in [-0.2, 0) is 0 Å². The number of pyridine rings is 1. The zero-order chi connectivity index (χ0) is 13.9. The van der Waals surface area contributed by atoms with Crippen LogP contribution in [0.3, 0.4) is 0 Å². The molecule has 5 heteroatoms. The van der Waals surface area contributed by atoms with E-state index in [0.29, 0.717) is 16.7 Å². The first-order valence-corrected chi connectivity index (χ1v) is 6.05. The first kappa shape index (κ1) is 12.1. The van der Waals surface area contributed by atoms with Crippen LogP contribution in [0.4, 0.5) is 0 Å². The molecular formula is C15H11N3O2. The van der Waals surface area contributed by atoms with E-state index in [0.717, 1.165) is 0 Å². The van der Waals surface area contributed by atoms with E-state index in [1.807, 2.05) is 6.07 Å². The number of benzene rings is 1. The molecule has 0 aliphatic carbocycles. The van der Waals surface area contributed by atoms with Crippen LogP contribution >= 0.6 is 0 Å². The maximum atomic E-state index is 11.9. The Labute approximate surface area is 114 Å². The topological polar surface area (TPSA) is 78.9 Å². The van der Waals surface area contributed by atoms with Gasteiger partial charge in [0, 0.05) is 17.8 Å². The highest BCUT2D eigenvalue weighted by Gasteiger charge is 2.05. The number of hydrogen-bond acceptors (Lipinski definition) is 4. The molecule has 0 bridgehead atoms. The Morgan fingerprint density at radius 2 is 1.95 bits per heavy atom. The third-order valence-electron chi connectivity index (χ3n) is 2.83. The van der Waals surface area contributed by atoms with E-state index in [-0.39, 0.29) is 11.5 Å². The van der Waals surface area contributed by atoms with Gasteiger partial charge in [-0.15, -0.1) is 0 Å². The van der Waals surface area contributed by atoms with Crippen LogP contribution < -0.4 is 5.56 Å². The standard InChI is InChI=1S/C15H11N3O2/c19-13(10-5-2-1-3-6-10)9-12-15(20)18-14-11(17-12)7-4-8-16-14/h1-9,19H,(H,16,18,20). The van der Waals surface area contributed by atoms with E-state index < -0.39 is 5.56 Å². The number of nitrogens with zero attached hydrogens (tertiary/aromatic N) is 2. The first-order valence-electron chi connectivity index (χ1n) is 6.05. The van der Waals surface area contributed by atoms with Crippen LogP contribution in [0.5, 0.6) is 0 Å². The Hall–Kier alpha value is -2.95. The molecule has 0 radical (unpaired) electrons. The average molecular weight is 265 g/mol. The maximum absolute atomic E-state index is 11.9. The highest BCUT2D eigenvalue weighted by Crippen LogP contribution is 2.13. The van der Waals surface area contributed by atoms with E-state index >= 15 is 0 Å². The van der Waals surface area contributed by atoms with E-state index in [9.17, 15) is 9.90 Å². The molecule has 98 valence electrons. The number of hydrogen-bond donors (Lipinski definition) is 2. The van der Waals surface area contributed by atoms with Gasteiger partial charge in [-0.25, -0.2) is 9.97 Å². The molecule has 0 saturated heterocycles. The summed E-state index contributed by atoms with van der Waals surface area (Å²) in [5, 5.41) is 10.0. The summed E-state index contributed by atoms with van der Waals surface area (Å²) in [5.74, 6) is -0.00756. The fourth-order valence-corrected chi connectivity index (χ4v) is 1.86. The van der Waals surface area contributed by atoms with Crippen molar-refractivity contribution in [1.82, 2.24) is 15.0 Å². The molecule has 1 aromatic carbocycles. The number of aromatic amines is 1. The van der Waals surface area contributed by atoms with Crippen molar-refractivity contribution in [2.75, 3.05) is 0 Å². The summed E-state index contributed by atoms with van der Waals surface area (Å²) in [7, 11) is 0. The van der Waals surface area contributed by atoms with Crippen LogP contribution in [0, 0.1) is 0 Å². The lowest BCUT2D eigenvalue weighted by atomic mass is 10.1. The largest absolute Gasteiger partial charge is 0.507 e. The molecule has 0 spiro atoms. The zero-order valence-electron chi connectivity index (χ0n) is 10.4. The highest BCUT2D eigenvalue weighted by atomic mass is 16.3. The molecule has 2 N–H and O–H groups in total. The van der Waals surface area contributed by atoms with Crippen molar-refractivity contribution in [3.8, 4) is 0 Å². The van der Waals surface area contributed by atoms with Crippen LogP contribution in [0.1, 0.15) is 11.3 Å². The second-order valence-corrected chi connectivity index (χ2v) is 4.22. The summed E-state index contributed by atoms with van der Waals surface area (Å²) in [6.45, 7) is 0. The first-order chi connectivity index (χ1) is 9.74. The summed E-state index contributed by atoms with van der Waals surface area (Å²) in [5.41, 5.74) is 1.37. The number of H-pyrrole nitrogens is 1. The van der Waals surface area contributed by atoms with Crippen molar-refractivity contribution < 1.29 is 5.11 Å². The summed E-state index contributed by atoms with van der Waals surface area (Å²) in [6.07, 6.45) is 2.93. The average Bonchev–Trinajstić information content (AvgIpc) is 2.49. The van der Waals surface area contributed by atoms with Gasteiger partial charge in [-0.05, 0) is 12.1 Å². The fraction of sp³-hybridized carbons (Fsp3) is 0. The van der Waals surface area contributed by atoms with Crippen molar-refractivity contribution in [1.29, 1.82) is 0 Å². The molecule has 5 nitrogen and oxygen atoms in total. The number of rotatable bonds is 2. The molecule has 3 aromatic rings. The molecule has 0 unspecified atom stereocenters. The van der Waals surface area contributed by atoms with Crippen molar-refractivity contribution in [2.45, 2.75) is 0 Å². The van der Waals surface area contributed by atoms with Gasteiger partial charge in [0.1, 0.15) is 17.0 Å². The predicted molar refractivity (Wildman–Crippen MR) is 77.1 cm³/mol. The van der Waals surface area contributed by atoms with Crippen LogP contribution in [0.15, 0.2) is 53.5 Å². The van der Waals surface area contributed by atoms with Crippen LogP contribution in [-0.4, -0.2) is 20.1 Å². The Kier molecular flexibility index (Phi) is 3.01. The minimum atomic E-state index is -0.390. The molecule has 0 fully saturated rings. The molecule has 0 saturated carbocycles. The fourth-order valence-electron chi connectivity index (χ4n) is 1.86. The summed E-state index contributed by atoms with van der Waals surface area (Å²) in [4.78, 5) is 22.7. The predicted octanol–water partition coefficient (Wildman–Crippen LogP) is 2.37. The molecule has 2 heterocycles.